The second kappa shape index (κ2) is 7.26. The fourth-order valence-corrected chi connectivity index (χ4v) is 1.63. The molecule has 0 spiro atoms. The predicted octanol–water partition coefficient (Wildman–Crippen LogP) is -0.167. The third kappa shape index (κ3) is 8.67. The first-order valence-corrected chi connectivity index (χ1v) is 7.39. The number of amides is 1. The second-order valence-corrected chi connectivity index (χ2v) is 6.01. The molecule has 0 radical (unpaired) electrons. The van der Waals surface area contributed by atoms with Gasteiger partial charge in [-0.1, -0.05) is 0 Å². The van der Waals surface area contributed by atoms with Gasteiger partial charge in [0.25, 0.3) is 0 Å². The van der Waals surface area contributed by atoms with Crippen molar-refractivity contribution in [3.05, 3.63) is 0 Å². The number of rotatable bonds is 7. The van der Waals surface area contributed by atoms with E-state index in [1.165, 1.54) is 11.9 Å². The van der Waals surface area contributed by atoms with Crippen LogP contribution < -0.4 is 0 Å². The second-order valence-electron chi connectivity index (χ2n) is 3.75. The Kier molecular flexibility index (Phi) is 6.79. The first-order chi connectivity index (χ1) is 7.76. The lowest BCUT2D eigenvalue weighted by atomic mass is 10.3. The molecular weight excluding hydrogens is 246 g/mol. The van der Waals surface area contributed by atoms with Gasteiger partial charge in [0.1, 0.15) is 9.84 Å². The number of ether oxygens (including phenoxy) is 1. The highest BCUT2D eigenvalue weighted by molar-refractivity contribution is 7.90. The molecule has 1 amide bonds. The molecule has 0 aromatic rings. The van der Waals surface area contributed by atoms with Crippen LogP contribution in [0.15, 0.2) is 0 Å². The molecule has 17 heavy (non-hydrogen) atoms. The van der Waals surface area contributed by atoms with Gasteiger partial charge in [-0.05, 0) is 6.92 Å². The van der Waals surface area contributed by atoms with Crippen LogP contribution in [0.3, 0.4) is 0 Å². The van der Waals surface area contributed by atoms with Crippen molar-refractivity contribution in [2.75, 3.05) is 32.2 Å². The lowest BCUT2D eigenvalue weighted by Crippen LogP contribution is -2.30. The highest BCUT2D eigenvalue weighted by Crippen LogP contribution is 1.97. The zero-order valence-electron chi connectivity index (χ0n) is 10.4. The Morgan fingerprint density at radius 3 is 2.29 bits per heavy atom. The standard InChI is InChI=1S/C10H19NO5S/c1-4-16-10(13)5-7-11(2)9(12)6-8-17(3,14)15/h4-8H2,1-3H3. The number of carbonyl (C=O) groups is 2. The Morgan fingerprint density at radius 1 is 1.24 bits per heavy atom. The van der Waals surface area contributed by atoms with Crippen molar-refractivity contribution in [1.82, 2.24) is 4.90 Å². The van der Waals surface area contributed by atoms with Crippen LogP contribution in [-0.2, 0) is 24.2 Å². The molecule has 7 heteroatoms. The van der Waals surface area contributed by atoms with Crippen molar-refractivity contribution in [2.24, 2.45) is 0 Å². The smallest absolute Gasteiger partial charge is 0.307 e. The minimum atomic E-state index is -3.13. The summed E-state index contributed by atoms with van der Waals surface area (Å²) >= 11 is 0. The van der Waals surface area contributed by atoms with E-state index in [9.17, 15) is 18.0 Å². The third-order valence-electron chi connectivity index (χ3n) is 2.07. The Morgan fingerprint density at radius 2 is 1.82 bits per heavy atom. The molecule has 0 aliphatic carbocycles. The average molecular weight is 265 g/mol. The van der Waals surface area contributed by atoms with E-state index in [0.717, 1.165) is 6.26 Å². The zero-order valence-corrected chi connectivity index (χ0v) is 11.2. The molecule has 6 nitrogen and oxygen atoms in total. The predicted molar refractivity (Wildman–Crippen MR) is 63.2 cm³/mol. The number of sulfone groups is 1. The van der Waals surface area contributed by atoms with Gasteiger partial charge in [-0.25, -0.2) is 8.42 Å². The zero-order chi connectivity index (χ0) is 13.5. The normalized spacial score (nSPS) is 11.0. The van der Waals surface area contributed by atoms with Crippen molar-refractivity contribution >= 4 is 21.7 Å². The van der Waals surface area contributed by atoms with E-state index in [-0.39, 0.29) is 37.0 Å². The van der Waals surface area contributed by atoms with Gasteiger partial charge in [-0.15, -0.1) is 0 Å². The van der Waals surface area contributed by atoms with Crippen LogP contribution in [0.1, 0.15) is 19.8 Å². The minimum Gasteiger partial charge on any atom is -0.466 e. The van der Waals surface area contributed by atoms with Gasteiger partial charge in [0.2, 0.25) is 5.91 Å². The monoisotopic (exact) mass is 265 g/mol. The van der Waals surface area contributed by atoms with Crippen molar-refractivity contribution < 1.29 is 22.7 Å². The molecule has 0 aromatic heterocycles. The fraction of sp³-hybridized carbons (Fsp3) is 0.800. The van der Waals surface area contributed by atoms with Crippen LogP contribution in [0.2, 0.25) is 0 Å². The van der Waals surface area contributed by atoms with E-state index in [1.54, 1.807) is 6.92 Å². The van der Waals surface area contributed by atoms with Crippen LogP contribution in [0.5, 0.6) is 0 Å². The van der Waals surface area contributed by atoms with Crippen LogP contribution in [0.4, 0.5) is 0 Å². The van der Waals surface area contributed by atoms with E-state index in [0.29, 0.717) is 6.61 Å². The molecule has 0 N–H and O–H groups in total. The molecule has 0 unspecified atom stereocenters. The van der Waals surface area contributed by atoms with Crippen LogP contribution in [0, 0.1) is 0 Å². The maximum absolute atomic E-state index is 11.5. The topological polar surface area (TPSA) is 80.8 Å². The van der Waals surface area contributed by atoms with Gasteiger partial charge in [-0.3, -0.25) is 9.59 Å². The fourth-order valence-electron chi connectivity index (χ4n) is 1.08. The quantitative estimate of drug-likeness (QED) is 0.597. The maximum Gasteiger partial charge on any atom is 0.307 e. The molecule has 0 aliphatic heterocycles. The minimum absolute atomic E-state index is 0.0574. The number of hydrogen-bond acceptors (Lipinski definition) is 5. The molecule has 0 atom stereocenters. The van der Waals surface area contributed by atoms with Crippen LogP contribution in [0.25, 0.3) is 0 Å². The largest absolute Gasteiger partial charge is 0.466 e. The van der Waals surface area contributed by atoms with Crippen molar-refractivity contribution in [3.63, 3.8) is 0 Å². The summed E-state index contributed by atoms with van der Waals surface area (Å²) in [5.41, 5.74) is 0. The molecule has 100 valence electrons. The summed E-state index contributed by atoms with van der Waals surface area (Å²) in [6, 6.07) is 0. The summed E-state index contributed by atoms with van der Waals surface area (Å²) in [5, 5.41) is 0. The first kappa shape index (κ1) is 15.9. The molecule has 0 saturated carbocycles. The molecule has 0 rings (SSSR count). The third-order valence-corrected chi connectivity index (χ3v) is 3.01. The molecule has 0 heterocycles. The van der Waals surface area contributed by atoms with Crippen molar-refractivity contribution in [3.8, 4) is 0 Å². The van der Waals surface area contributed by atoms with Gasteiger partial charge < -0.3 is 9.64 Å². The van der Waals surface area contributed by atoms with Gasteiger partial charge in [0, 0.05) is 26.3 Å². The van der Waals surface area contributed by atoms with Crippen molar-refractivity contribution in [2.45, 2.75) is 19.8 Å². The van der Waals surface area contributed by atoms with Gasteiger partial charge in [-0.2, -0.15) is 0 Å². The molecule has 0 aliphatic rings. The number of esters is 1. The van der Waals surface area contributed by atoms with Gasteiger partial charge in [0.05, 0.1) is 18.8 Å². The number of carbonyl (C=O) groups excluding carboxylic acids is 2. The Bertz CT molecular complexity index is 363. The van der Waals surface area contributed by atoms with Crippen LogP contribution >= 0.6 is 0 Å². The molecule has 0 aromatic carbocycles. The van der Waals surface area contributed by atoms with Crippen molar-refractivity contribution in [1.29, 1.82) is 0 Å². The average Bonchev–Trinajstić information content (AvgIpc) is 2.22. The van der Waals surface area contributed by atoms with E-state index in [1.807, 2.05) is 0 Å². The summed E-state index contributed by atoms with van der Waals surface area (Å²) in [5.74, 6) is -0.828. The highest BCUT2D eigenvalue weighted by Gasteiger charge is 2.13. The Labute approximate surface area is 102 Å². The van der Waals surface area contributed by atoms with Gasteiger partial charge in [0.15, 0.2) is 0 Å². The SMILES string of the molecule is CCOC(=O)CCN(C)C(=O)CCS(C)(=O)=O. The Hall–Kier alpha value is -1.11. The first-order valence-electron chi connectivity index (χ1n) is 5.33. The number of nitrogens with zero attached hydrogens (tertiary/aromatic N) is 1. The molecule has 0 fully saturated rings. The summed E-state index contributed by atoms with van der Waals surface area (Å²) in [4.78, 5) is 23.8. The highest BCUT2D eigenvalue weighted by atomic mass is 32.2. The molecular formula is C10H19NO5S. The van der Waals surface area contributed by atoms with Gasteiger partial charge >= 0.3 is 5.97 Å². The lowest BCUT2D eigenvalue weighted by molar-refractivity contribution is -0.143. The van der Waals surface area contributed by atoms with E-state index >= 15 is 0 Å². The van der Waals surface area contributed by atoms with Crippen LogP contribution in [-0.4, -0.2) is 57.4 Å². The summed E-state index contributed by atoms with van der Waals surface area (Å²) in [6.07, 6.45) is 1.14. The van der Waals surface area contributed by atoms with E-state index in [2.05, 4.69) is 0 Å². The lowest BCUT2D eigenvalue weighted by Gasteiger charge is -2.16. The maximum atomic E-state index is 11.5. The Balaban J connectivity index is 3.94. The molecule has 0 bridgehead atoms. The van der Waals surface area contributed by atoms with E-state index in [4.69, 9.17) is 4.74 Å². The van der Waals surface area contributed by atoms with E-state index < -0.39 is 9.84 Å². The summed E-state index contributed by atoms with van der Waals surface area (Å²) < 4.78 is 26.4. The number of hydrogen-bond donors (Lipinski definition) is 0. The summed E-state index contributed by atoms with van der Waals surface area (Å²) in [7, 11) is -1.60. The molecule has 0 saturated heterocycles. The summed E-state index contributed by atoms with van der Waals surface area (Å²) in [6.45, 7) is 2.25.